The number of H-pyrrole nitrogens is 1. The molecule has 2 heterocycles. The number of fused-ring (bicyclic) bond motifs is 3. The number of aryl methyl sites for hydroxylation is 3. The molecule has 2 fully saturated rings. The highest BCUT2D eigenvalue weighted by Gasteiger charge is 2.54. The van der Waals surface area contributed by atoms with Crippen molar-refractivity contribution in [2.24, 2.45) is 5.92 Å². The average Bonchev–Trinajstić information content (AvgIpc) is 3.52. The van der Waals surface area contributed by atoms with Crippen LogP contribution in [0.1, 0.15) is 74.4 Å². The van der Waals surface area contributed by atoms with E-state index < -0.39 is 5.41 Å². The molecule has 1 saturated carbocycles. The van der Waals surface area contributed by atoms with E-state index in [0.29, 0.717) is 36.6 Å². The molecule has 2 unspecified atom stereocenters. The number of nitrogens with zero attached hydrogens (tertiary/aromatic N) is 5. The number of amides is 2. The van der Waals surface area contributed by atoms with Crippen molar-refractivity contribution in [3.05, 3.63) is 118 Å². The quantitative estimate of drug-likeness (QED) is 0.189. The van der Waals surface area contributed by atoms with E-state index in [1.165, 1.54) is 5.56 Å². The molecule has 11 heteroatoms. The van der Waals surface area contributed by atoms with Gasteiger partial charge in [0, 0.05) is 37.4 Å². The molecule has 0 radical (unpaired) electrons. The normalized spacial score (nSPS) is 22.3. The van der Waals surface area contributed by atoms with Crippen LogP contribution >= 0.6 is 0 Å². The summed E-state index contributed by atoms with van der Waals surface area (Å²) < 4.78 is 0. The molecular formula is C39H43N9O2. The van der Waals surface area contributed by atoms with Crippen molar-refractivity contribution in [2.45, 2.75) is 69.0 Å². The first-order chi connectivity index (χ1) is 24.2. The van der Waals surface area contributed by atoms with Crippen molar-refractivity contribution in [3.8, 4) is 6.07 Å². The molecule has 256 valence electrons. The minimum atomic E-state index is -0.898. The molecule has 1 saturated heterocycles. The third kappa shape index (κ3) is 6.05. The summed E-state index contributed by atoms with van der Waals surface area (Å²) in [6.45, 7) is 6.39. The predicted molar refractivity (Wildman–Crippen MR) is 190 cm³/mol. The van der Waals surface area contributed by atoms with Crippen LogP contribution in [0.25, 0.3) is 5.70 Å². The minimum Gasteiger partial charge on any atom is -0.388 e. The first-order valence-electron chi connectivity index (χ1n) is 17.3. The summed E-state index contributed by atoms with van der Waals surface area (Å²) in [5.41, 5.74) is 7.99. The van der Waals surface area contributed by atoms with Gasteiger partial charge >= 0.3 is 0 Å². The number of hydrogen-bond donors (Lipinski definition) is 4. The smallest absolute Gasteiger partial charge is 0.251 e. The second kappa shape index (κ2) is 13.5. The maximum absolute atomic E-state index is 13.8. The van der Waals surface area contributed by atoms with Crippen LogP contribution in [0.3, 0.4) is 0 Å². The molecular weight excluding hydrogens is 626 g/mol. The lowest BCUT2D eigenvalue weighted by molar-refractivity contribution is -0.131. The lowest BCUT2D eigenvalue weighted by Gasteiger charge is -2.37. The van der Waals surface area contributed by atoms with Crippen molar-refractivity contribution in [2.75, 3.05) is 20.6 Å². The van der Waals surface area contributed by atoms with E-state index in [0.717, 1.165) is 58.3 Å². The standard InChI is InChI=1S/C39H43N9O2/c1-23-5-7-25(8-6-23)15-31(43-22-36(49)48-32(21-40)18-30-19-35(30)48)20-39(38-44-46-47-45-38)33-13-11-26(24(2)41-3)16-27(33)9-10-28-17-29(37(50)42-4)12-14-34(28)39/h5-8,11-14,16-17,30-32,35,41,43H,2,9-10,15,18-20,22H2,1,3-4H3,(H,42,50)(H,44,45,46,47)/t30-,31+,32?,35+,39?/m1/s1. The number of rotatable bonds is 11. The van der Waals surface area contributed by atoms with Crippen molar-refractivity contribution < 1.29 is 9.59 Å². The molecule has 3 aliphatic rings. The Kier molecular flexibility index (Phi) is 8.97. The van der Waals surface area contributed by atoms with Crippen molar-refractivity contribution in [1.82, 2.24) is 41.5 Å². The number of nitriles is 1. The van der Waals surface area contributed by atoms with Gasteiger partial charge in [-0.25, -0.2) is 0 Å². The van der Waals surface area contributed by atoms with E-state index in [-0.39, 0.29) is 36.5 Å². The third-order valence-corrected chi connectivity index (χ3v) is 10.9. The van der Waals surface area contributed by atoms with Gasteiger partial charge in [0.05, 0.1) is 18.0 Å². The van der Waals surface area contributed by atoms with Crippen LogP contribution in [0.5, 0.6) is 0 Å². The molecule has 50 heavy (non-hydrogen) atoms. The first kappa shape index (κ1) is 33.2. The molecule has 2 amide bonds. The van der Waals surface area contributed by atoms with E-state index in [1.54, 1.807) is 7.05 Å². The summed E-state index contributed by atoms with van der Waals surface area (Å²) in [5, 5.41) is 35.5. The van der Waals surface area contributed by atoms with Crippen LogP contribution in [0.15, 0.2) is 67.2 Å². The molecule has 7 rings (SSSR count). The molecule has 5 atom stereocenters. The predicted octanol–water partition coefficient (Wildman–Crippen LogP) is 3.59. The zero-order valence-corrected chi connectivity index (χ0v) is 28.8. The number of nitrogens with one attached hydrogen (secondary N) is 4. The topological polar surface area (TPSA) is 152 Å². The summed E-state index contributed by atoms with van der Waals surface area (Å²) in [5.74, 6) is 0.758. The van der Waals surface area contributed by atoms with Crippen molar-refractivity contribution >= 4 is 17.5 Å². The molecule has 1 aromatic heterocycles. The van der Waals surface area contributed by atoms with Crippen molar-refractivity contribution in [3.63, 3.8) is 0 Å². The Morgan fingerprint density at radius 3 is 2.36 bits per heavy atom. The average molecular weight is 670 g/mol. The van der Waals surface area contributed by atoms with E-state index in [9.17, 15) is 14.9 Å². The minimum absolute atomic E-state index is 0.0452. The molecule has 3 aromatic carbocycles. The number of carbonyl (C=O) groups is 2. The fourth-order valence-electron chi connectivity index (χ4n) is 8.21. The van der Waals surface area contributed by atoms with Gasteiger partial charge in [-0.1, -0.05) is 59.8 Å². The Morgan fingerprint density at radius 2 is 1.72 bits per heavy atom. The highest BCUT2D eigenvalue weighted by atomic mass is 16.2. The van der Waals surface area contributed by atoms with Gasteiger partial charge in [0.15, 0.2) is 5.82 Å². The van der Waals surface area contributed by atoms with E-state index >= 15 is 0 Å². The lowest BCUT2D eigenvalue weighted by atomic mass is 9.67. The molecule has 1 aliphatic heterocycles. The Hall–Kier alpha value is -5.34. The number of carbonyl (C=O) groups excluding carboxylic acids is 2. The first-order valence-corrected chi connectivity index (χ1v) is 17.3. The number of likely N-dealkylation sites (tertiary alicyclic amines) is 1. The summed E-state index contributed by atoms with van der Waals surface area (Å²) in [4.78, 5) is 28.4. The zero-order chi connectivity index (χ0) is 35.0. The Labute approximate surface area is 292 Å². The van der Waals surface area contributed by atoms with Crippen molar-refractivity contribution in [1.29, 1.82) is 5.26 Å². The largest absolute Gasteiger partial charge is 0.388 e. The Balaban J connectivity index is 1.36. The summed E-state index contributed by atoms with van der Waals surface area (Å²) in [6, 6.07) is 22.7. The van der Waals surface area contributed by atoms with Crippen LogP contribution in [0.4, 0.5) is 0 Å². The Morgan fingerprint density at radius 1 is 1.02 bits per heavy atom. The van der Waals surface area contributed by atoms with Crippen LogP contribution in [-0.2, 0) is 29.5 Å². The maximum Gasteiger partial charge on any atom is 0.251 e. The molecule has 4 N–H and O–H groups in total. The van der Waals surface area contributed by atoms with Gasteiger partial charge in [-0.2, -0.15) is 10.5 Å². The van der Waals surface area contributed by atoms with E-state index in [4.69, 9.17) is 0 Å². The number of hydrogen-bond acceptors (Lipinski definition) is 8. The van der Waals surface area contributed by atoms with Gasteiger partial charge in [0.25, 0.3) is 5.91 Å². The summed E-state index contributed by atoms with van der Waals surface area (Å²) >= 11 is 0. The third-order valence-electron chi connectivity index (χ3n) is 10.9. The number of benzene rings is 3. The SMILES string of the molecule is C=C(NC)c1ccc2c(c1)CCc1cc(C(=O)NC)ccc1C2(C[C@H](Cc1ccc(C)cc1)NCC(=O)N1C(C#N)C[C@@H]2C[C@@H]21)c1nn[nH]n1. The maximum atomic E-state index is 13.8. The van der Waals surface area contributed by atoms with E-state index in [1.807, 2.05) is 30.1 Å². The second-order valence-corrected chi connectivity index (χ2v) is 13.9. The highest BCUT2D eigenvalue weighted by Crippen LogP contribution is 2.49. The lowest BCUT2D eigenvalue weighted by Crippen LogP contribution is -2.48. The summed E-state index contributed by atoms with van der Waals surface area (Å²) in [6.07, 6.45) is 4.29. The van der Waals surface area contributed by atoms with Crippen LogP contribution < -0.4 is 16.0 Å². The Bertz CT molecular complexity index is 1900. The van der Waals surface area contributed by atoms with Gasteiger partial charge in [-0.15, -0.1) is 10.2 Å². The fourth-order valence-corrected chi connectivity index (χ4v) is 8.21. The number of tetrazole rings is 1. The monoisotopic (exact) mass is 669 g/mol. The molecule has 0 bridgehead atoms. The van der Waals surface area contributed by atoms with Crippen LogP contribution in [0.2, 0.25) is 0 Å². The zero-order valence-electron chi connectivity index (χ0n) is 28.8. The molecule has 2 aliphatic carbocycles. The molecule has 0 spiro atoms. The highest BCUT2D eigenvalue weighted by molar-refractivity contribution is 5.94. The number of aromatic nitrogens is 4. The van der Waals surface area contributed by atoms with Gasteiger partial charge < -0.3 is 20.9 Å². The second-order valence-electron chi connectivity index (χ2n) is 13.9. The van der Waals surface area contributed by atoms with E-state index in [2.05, 4.69) is 98.6 Å². The van der Waals surface area contributed by atoms with Gasteiger partial charge in [0.2, 0.25) is 5.91 Å². The number of aromatic amines is 1. The van der Waals surface area contributed by atoms with Gasteiger partial charge in [-0.3, -0.25) is 9.59 Å². The van der Waals surface area contributed by atoms with Crippen LogP contribution in [0, 0.1) is 24.2 Å². The fraction of sp³-hybridized carbons (Fsp3) is 0.385. The molecule has 11 nitrogen and oxygen atoms in total. The van der Waals surface area contributed by atoms with Gasteiger partial charge in [-0.05, 0) is 103 Å². The van der Waals surface area contributed by atoms with Crippen LogP contribution in [-0.4, -0.2) is 76.1 Å². The summed E-state index contributed by atoms with van der Waals surface area (Å²) in [7, 11) is 3.50. The molecule has 4 aromatic rings. The number of piperidine rings is 1. The van der Waals surface area contributed by atoms with Gasteiger partial charge in [0.1, 0.15) is 6.04 Å².